The first-order valence-corrected chi connectivity index (χ1v) is 6.45. The molecule has 0 fully saturated rings. The number of rotatable bonds is 7. The summed E-state index contributed by atoms with van der Waals surface area (Å²) in [5.74, 6) is -1.10. The van der Waals surface area contributed by atoms with E-state index in [2.05, 4.69) is 4.90 Å². The van der Waals surface area contributed by atoms with Crippen molar-refractivity contribution in [3.8, 4) is 0 Å². The molecule has 0 aliphatic rings. The third-order valence-electron chi connectivity index (χ3n) is 3.19. The summed E-state index contributed by atoms with van der Waals surface area (Å²) in [4.78, 5) is 4.11. The molecule has 0 aromatic heterocycles. The van der Waals surface area contributed by atoms with Crippen molar-refractivity contribution in [3.05, 3.63) is 35.4 Å². The van der Waals surface area contributed by atoms with Gasteiger partial charge in [0.15, 0.2) is 0 Å². The molecule has 2 N–H and O–H groups in total. The molecule has 1 atom stereocenters. The lowest BCUT2D eigenvalue weighted by Crippen LogP contribution is -2.33. The minimum Gasteiger partial charge on any atom is -0.329 e. The van der Waals surface area contributed by atoms with Gasteiger partial charge in [0.25, 0.3) is 0 Å². The normalized spacial score (nSPS) is 13.3. The maximum absolute atomic E-state index is 13.8. The number of hydrogen-bond acceptors (Lipinski definition) is 3. The molecule has 0 heterocycles. The highest BCUT2D eigenvalue weighted by molar-refractivity contribution is 5.22. The lowest BCUT2D eigenvalue weighted by molar-refractivity contribution is 0.230. The van der Waals surface area contributed by atoms with Gasteiger partial charge in [-0.25, -0.2) is 8.78 Å². The van der Waals surface area contributed by atoms with Crippen molar-refractivity contribution < 1.29 is 8.78 Å². The molecule has 1 aromatic rings. The molecule has 108 valence electrons. The van der Waals surface area contributed by atoms with Gasteiger partial charge in [0, 0.05) is 24.2 Å². The number of benzene rings is 1. The van der Waals surface area contributed by atoms with E-state index in [0.717, 1.165) is 25.6 Å². The van der Waals surface area contributed by atoms with Crippen molar-refractivity contribution in [2.45, 2.75) is 12.5 Å². The Hall–Kier alpha value is -1.04. The summed E-state index contributed by atoms with van der Waals surface area (Å²) in [5.41, 5.74) is 6.19. The summed E-state index contributed by atoms with van der Waals surface area (Å²) < 4.78 is 26.7. The van der Waals surface area contributed by atoms with Gasteiger partial charge in [0.05, 0.1) is 0 Å². The predicted octanol–water partition coefficient (Wildman–Crippen LogP) is 1.85. The van der Waals surface area contributed by atoms with E-state index in [9.17, 15) is 8.78 Å². The molecule has 5 heteroatoms. The number of hydrogen-bond donors (Lipinski definition) is 1. The molecule has 1 rings (SSSR count). The van der Waals surface area contributed by atoms with E-state index < -0.39 is 11.6 Å². The van der Waals surface area contributed by atoms with Crippen LogP contribution in [0.2, 0.25) is 0 Å². The van der Waals surface area contributed by atoms with Gasteiger partial charge in [0.1, 0.15) is 11.6 Å². The maximum atomic E-state index is 13.8. The van der Waals surface area contributed by atoms with Crippen molar-refractivity contribution in [1.82, 2.24) is 9.80 Å². The predicted molar refractivity (Wildman–Crippen MR) is 74.0 cm³/mol. The zero-order valence-electron chi connectivity index (χ0n) is 11.9. The fraction of sp³-hybridized carbons (Fsp3) is 0.571. The Labute approximate surface area is 114 Å². The minimum atomic E-state index is -0.563. The molecular weight excluding hydrogens is 248 g/mol. The second-order valence-corrected chi connectivity index (χ2v) is 5.05. The number of nitrogens with two attached hydrogens (primary N) is 1. The lowest BCUT2D eigenvalue weighted by Gasteiger charge is -2.28. The fourth-order valence-electron chi connectivity index (χ4n) is 2.11. The Morgan fingerprint density at radius 2 is 1.84 bits per heavy atom. The smallest absolute Gasteiger partial charge is 0.130 e. The summed E-state index contributed by atoms with van der Waals surface area (Å²) in [5, 5.41) is 0. The molecule has 0 aliphatic carbocycles. The molecule has 0 radical (unpaired) electrons. The monoisotopic (exact) mass is 271 g/mol. The van der Waals surface area contributed by atoms with E-state index in [1.165, 1.54) is 12.1 Å². The van der Waals surface area contributed by atoms with Crippen LogP contribution in [0.25, 0.3) is 0 Å². The largest absolute Gasteiger partial charge is 0.329 e. The molecule has 0 amide bonds. The van der Waals surface area contributed by atoms with E-state index in [1.807, 2.05) is 26.0 Å². The van der Waals surface area contributed by atoms with Gasteiger partial charge < -0.3 is 10.6 Å². The first-order valence-electron chi connectivity index (χ1n) is 6.45. The van der Waals surface area contributed by atoms with E-state index in [1.54, 1.807) is 0 Å². The molecule has 3 nitrogen and oxygen atoms in total. The maximum Gasteiger partial charge on any atom is 0.130 e. The standard InChI is InChI=1S/C14H23F2N3/c1-18(2)7-4-8-19(3)14(10-17)12-6-5-11(15)9-13(12)16/h5-6,9,14H,4,7-8,10,17H2,1-3H3. The van der Waals surface area contributed by atoms with Crippen molar-refractivity contribution in [3.63, 3.8) is 0 Å². The summed E-state index contributed by atoms with van der Waals surface area (Å²) in [7, 11) is 5.94. The van der Waals surface area contributed by atoms with Crippen LogP contribution in [-0.4, -0.2) is 50.6 Å². The minimum absolute atomic E-state index is 0.220. The molecule has 0 spiro atoms. The van der Waals surface area contributed by atoms with Crippen LogP contribution in [-0.2, 0) is 0 Å². The van der Waals surface area contributed by atoms with Gasteiger partial charge in [-0.3, -0.25) is 4.90 Å². The molecular formula is C14H23F2N3. The first kappa shape index (κ1) is 16.0. The zero-order valence-corrected chi connectivity index (χ0v) is 11.9. The van der Waals surface area contributed by atoms with E-state index in [-0.39, 0.29) is 6.04 Å². The van der Waals surface area contributed by atoms with E-state index in [4.69, 9.17) is 5.73 Å². The highest BCUT2D eigenvalue weighted by Crippen LogP contribution is 2.22. The van der Waals surface area contributed by atoms with Crippen LogP contribution in [0.4, 0.5) is 8.78 Å². The fourth-order valence-corrected chi connectivity index (χ4v) is 2.11. The Bertz CT molecular complexity index is 396. The average molecular weight is 271 g/mol. The molecule has 0 saturated carbocycles. The Morgan fingerprint density at radius 3 is 2.37 bits per heavy atom. The second-order valence-electron chi connectivity index (χ2n) is 5.05. The topological polar surface area (TPSA) is 32.5 Å². The average Bonchev–Trinajstić information content (AvgIpc) is 2.32. The van der Waals surface area contributed by atoms with E-state index in [0.29, 0.717) is 12.1 Å². The third kappa shape index (κ3) is 4.86. The van der Waals surface area contributed by atoms with Crippen LogP contribution in [0.3, 0.4) is 0 Å². The quantitative estimate of drug-likeness (QED) is 0.821. The molecule has 0 aliphatic heterocycles. The first-order chi connectivity index (χ1) is 8.95. The van der Waals surface area contributed by atoms with Gasteiger partial charge in [-0.1, -0.05) is 6.07 Å². The van der Waals surface area contributed by atoms with Crippen LogP contribution in [0, 0.1) is 11.6 Å². The van der Waals surface area contributed by atoms with Crippen molar-refractivity contribution >= 4 is 0 Å². The number of halogens is 2. The van der Waals surface area contributed by atoms with Gasteiger partial charge in [-0.2, -0.15) is 0 Å². The Morgan fingerprint density at radius 1 is 1.16 bits per heavy atom. The lowest BCUT2D eigenvalue weighted by atomic mass is 10.0. The Balaban J connectivity index is 2.70. The van der Waals surface area contributed by atoms with Crippen LogP contribution < -0.4 is 5.73 Å². The van der Waals surface area contributed by atoms with Gasteiger partial charge in [-0.15, -0.1) is 0 Å². The third-order valence-corrected chi connectivity index (χ3v) is 3.19. The van der Waals surface area contributed by atoms with E-state index >= 15 is 0 Å². The highest BCUT2D eigenvalue weighted by atomic mass is 19.1. The Kier molecular flexibility index (Phi) is 6.34. The summed E-state index contributed by atoms with van der Waals surface area (Å²) >= 11 is 0. The van der Waals surface area contributed by atoms with Crippen LogP contribution >= 0.6 is 0 Å². The van der Waals surface area contributed by atoms with Gasteiger partial charge in [-0.05, 0) is 46.7 Å². The van der Waals surface area contributed by atoms with Crippen LogP contribution in [0.15, 0.2) is 18.2 Å². The SMILES string of the molecule is CN(C)CCCN(C)C(CN)c1ccc(F)cc1F. The zero-order chi connectivity index (χ0) is 14.4. The summed E-state index contributed by atoms with van der Waals surface area (Å²) in [6.45, 7) is 2.09. The number of nitrogens with zero attached hydrogens (tertiary/aromatic N) is 2. The van der Waals surface area contributed by atoms with Crippen LogP contribution in [0.5, 0.6) is 0 Å². The van der Waals surface area contributed by atoms with Crippen molar-refractivity contribution in [2.24, 2.45) is 5.73 Å². The van der Waals surface area contributed by atoms with Gasteiger partial charge >= 0.3 is 0 Å². The molecule has 19 heavy (non-hydrogen) atoms. The van der Waals surface area contributed by atoms with Crippen LogP contribution in [0.1, 0.15) is 18.0 Å². The highest BCUT2D eigenvalue weighted by Gasteiger charge is 2.19. The molecule has 1 unspecified atom stereocenters. The van der Waals surface area contributed by atoms with Crippen molar-refractivity contribution in [1.29, 1.82) is 0 Å². The van der Waals surface area contributed by atoms with Gasteiger partial charge in [0.2, 0.25) is 0 Å². The molecule has 0 bridgehead atoms. The number of likely N-dealkylation sites (N-methyl/N-ethyl adjacent to an activating group) is 1. The molecule has 1 aromatic carbocycles. The van der Waals surface area contributed by atoms with Crippen molar-refractivity contribution in [2.75, 3.05) is 40.8 Å². The summed E-state index contributed by atoms with van der Waals surface area (Å²) in [6.07, 6.45) is 0.975. The summed E-state index contributed by atoms with van der Waals surface area (Å²) in [6, 6.07) is 3.44. The molecule has 0 saturated heterocycles. The second kappa shape index (κ2) is 7.53.